The molecule has 0 radical (unpaired) electrons. The van der Waals surface area contributed by atoms with Crippen LogP contribution in [0.5, 0.6) is 5.75 Å². The fraction of sp³-hybridized carbons (Fsp3) is 0.182. The molecule has 0 amide bonds. The van der Waals surface area contributed by atoms with Crippen LogP contribution in [-0.2, 0) is 0 Å². The van der Waals surface area contributed by atoms with Crippen molar-refractivity contribution < 1.29 is 17.9 Å². The molecule has 0 aliphatic heterocycles. The molecule has 0 saturated heterocycles. The first-order valence-electron chi connectivity index (χ1n) is 5.03. The SMILES string of the molecule is Cc1cc(N)n(-c2ccc(OC(F)(F)F)cc2)n1. The normalized spacial score (nSPS) is 11.6. The van der Waals surface area contributed by atoms with Gasteiger partial charge in [0.1, 0.15) is 11.6 Å². The highest BCUT2D eigenvalue weighted by Crippen LogP contribution is 2.24. The van der Waals surface area contributed by atoms with E-state index in [2.05, 4.69) is 9.84 Å². The van der Waals surface area contributed by atoms with Crippen molar-refractivity contribution >= 4 is 5.82 Å². The number of ether oxygens (including phenoxy) is 1. The van der Waals surface area contributed by atoms with Gasteiger partial charge in [0.15, 0.2) is 0 Å². The van der Waals surface area contributed by atoms with Crippen LogP contribution in [0.3, 0.4) is 0 Å². The van der Waals surface area contributed by atoms with Gasteiger partial charge in [-0.1, -0.05) is 0 Å². The number of hydrogen-bond donors (Lipinski definition) is 1. The molecule has 0 atom stereocenters. The highest BCUT2D eigenvalue weighted by Gasteiger charge is 2.30. The van der Waals surface area contributed by atoms with Gasteiger partial charge >= 0.3 is 6.36 Å². The molecule has 7 heteroatoms. The molecule has 0 spiro atoms. The summed E-state index contributed by atoms with van der Waals surface area (Å²) in [6.45, 7) is 1.77. The monoisotopic (exact) mass is 257 g/mol. The lowest BCUT2D eigenvalue weighted by atomic mass is 10.3. The number of nitrogens with zero attached hydrogens (tertiary/aromatic N) is 2. The van der Waals surface area contributed by atoms with Crippen molar-refractivity contribution in [2.75, 3.05) is 5.73 Å². The molecule has 96 valence electrons. The lowest BCUT2D eigenvalue weighted by Crippen LogP contribution is -2.17. The summed E-state index contributed by atoms with van der Waals surface area (Å²) in [5.41, 5.74) is 6.99. The number of hydrogen-bond acceptors (Lipinski definition) is 3. The minimum atomic E-state index is -4.69. The molecular weight excluding hydrogens is 247 g/mol. The maximum atomic E-state index is 12.0. The van der Waals surface area contributed by atoms with E-state index in [1.54, 1.807) is 13.0 Å². The molecular formula is C11H10F3N3O. The van der Waals surface area contributed by atoms with Crippen LogP contribution in [0.4, 0.5) is 19.0 Å². The average Bonchev–Trinajstić information content (AvgIpc) is 2.57. The maximum absolute atomic E-state index is 12.0. The van der Waals surface area contributed by atoms with Crippen LogP contribution in [0.2, 0.25) is 0 Å². The third-order valence-electron chi connectivity index (χ3n) is 2.17. The summed E-state index contributed by atoms with van der Waals surface area (Å²) in [7, 11) is 0. The van der Waals surface area contributed by atoms with Crippen LogP contribution in [-0.4, -0.2) is 16.1 Å². The molecule has 0 saturated carbocycles. The number of benzene rings is 1. The molecule has 1 heterocycles. The van der Waals surface area contributed by atoms with Crippen molar-refractivity contribution in [3.63, 3.8) is 0 Å². The van der Waals surface area contributed by atoms with Crippen molar-refractivity contribution in [1.29, 1.82) is 0 Å². The van der Waals surface area contributed by atoms with Gasteiger partial charge in [-0.25, -0.2) is 4.68 Å². The van der Waals surface area contributed by atoms with Gasteiger partial charge in [-0.2, -0.15) is 5.10 Å². The van der Waals surface area contributed by atoms with Crippen molar-refractivity contribution in [2.24, 2.45) is 0 Å². The van der Waals surface area contributed by atoms with E-state index in [1.807, 2.05) is 0 Å². The molecule has 0 aliphatic carbocycles. The number of halogens is 3. The van der Waals surface area contributed by atoms with Gasteiger partial charge in [0.2, 0.25) is 0 Å². The number of anilines is 1. The van der Waals surface area contributed by atoms with Crippen LogP contribution in [0.1, 0.15) is 5.69 Å². The Labute approximate surface area is 101 Å². The number of aryl methyl sites for hydroxylation is 1. The van der Waals surface area contributed by atoms with Crippen LogP contribution in [0, 0.1) is 6.92 Å². The Hall–Kier alpha value is -2.18. The zero-order chi connectivity index (χ0) is 13.3. The van der Waals surface area contributed by atoms with E-state index in [0.717, 1.165) is 5.69 Å². The second kappa shape index (κ2) is 4.25. The Kier molecular flexibility index (Phi) is 2.90. The first-order valence-corrected chi connectivity index (χ1v) is 5.03. The molecule has 1 aromatic heterocycles. The van der Waals surface area contributed by atoms with E-state index < -0.39 is 6.36 Å². The summed E-state index contributed by atoms with van der Waals surface area (Å²) in [6, 6.07) is 6.98. The van der Waals surface area contributed by atoms with Crippen LogP contribution in [0.25, 0.3) is 5.69 Å². The molecule has 0 unspecified atom stereocenters. The average molecular weight is 257 g/mol. The summed E-state index contributed by atoms with van der Waals surface area (Å²) in [5.74, 6) is 0.130. The Morgan fingerprint density at radius 2 is 1.83 bits per heavy atom. The maximum Gasteiger partial charge on any atom is 0.573 e. The fourth-order valence-corrected chi connectivity index (χ4v) is 1.52. The van der Waals surface area contributed by atoms with Crippen molar-refractivity contribution in [2.45, 2.75) is 13.3 Å². The fourth-order valence-electron chi connectivity index (χ4n) is 1.52. The second-order valence-electron chi connectivity index (χ2n) is 3.66. The number of aromatic nitrogens is 2. The van der Waals surface area contributed by atoms with Crippen molar-refractivity contribution in [3.05, 3.63) is 36.0 Å². The van der Waals surface area contributed by atoms with Gasteiger partial charge in [-0.05, 0) is 31.2 Å². The first-order chi connectivity index (χ1) is 8.35. The molecule has 2 N–H and O–H groups in total. The summed E-state index contributed by atoms with van der Waals surface area (Å²) in [6.07, 6.45) is -4.69. The Morgan fingerprint density at radius 3 is 2.28 bits per heavy atom. The molecule has 2 rings (SSSR count). The van der Waals surface area contributed by atoms with E-state index in [9.17, 15) is 13.2 Å². The number of rotatable bonds is 2. The molecule has 0 bridgehead atoms. The minimum absolute atomic E-state index is 0.284. The predicted molar refractivity (Wildman–Crippen MR) is 59.4 cm³/mol. The van der Waals surface area contributed by atoms with E-state index in [1.165, 1.54) is 28.9 Å². The molecule has 2 aromatic rings. The van der Waals surface area contributed by atoms with Gasteiger partial charge in [0.05, 0.1) is 11.4 Å². The topological polar surface area (TPSA) is 53.1 Å². The lowest BCUT2D eigenvalue weighted by molar-refractivity contribution is -0.274. The standard InChI is InChI=1S/C11H10F3N3O/c1-7-6-10(15)17(16-7)8-2-4-9(5-3-8)18-11(12,13)14/h2-6H,15H2,1H3. The summed E-state index contributed by atoms with van der Waals surface area (Å²) >= 11 is 0. The summed E-state index contributed by atoms with van der Waals surface area (Å²) in [5, 5.41) is 4.11. The lowest BCUT2D eigenvalue weighted by Gasteiger charge is -2.09. The van der Waals surface area contributed by atoms with Crippen LogP contribution >= 0.6 is 0 Å². The molecule has 1 aromatic carbocycles. The molecule has 4 nitrogen and oxygen atoms in total. The smallest absolute Gasteiger partial charge is 0.406 e. The van der Waals surface area contributed by atoms with Gasteiger partial charge in [0.25, 0.3) is 0 Å². The quantitative estimate of drug-likeness (QED) is 0.899. The highest BCUT2D eigenvalue weighted by atomic mass is 19.4. The van der Waals surface area contributed by atoms with E-state index >= 15 is 0 Å². The van der Waals surface area contributed by atoms with E-state index in [-0.39, 0.29) is 5.75 Å². The van der Waals surface area contributed by atoms with Crippen LogP contribution < -0.4 is 10.5 Å². The Bertz CT molecular complexity index is 546. The first kappa shape index (κ1) is 12.3. The van der Waals surface area contributed by atoms with Gasteiger partial charge in [-0.3, -0.25) is 0 Å². The number of nitrogen functional groups attached to an aromatic ring is 1. The number of alkyl halides is 3. The zero-order valence-corrected chi connectivity index (χ0v) is 9.40. The summed E-state index contributed by atoms with van der Waals surface area (Å²) in [4.78, 5) is 0. The molecule has 18 heavy (non-hydrogen) atoms. The van der Waals surface area contributed by atoms with E-state index in [4.69, 9.17) is 5.73 Å². The van der Waals surface area contributed by atoms with Crippen LogP contribution in [0.15, 0.2) is 30.3 Å². The second-order valence-corrected chi connectivity index (χ2v) is 3.66. The number of nitrogens with two attached hydrogens (primary N) is 1. The van der Waals surface area contributed by atoms with E-state index in [0.29, 0.717) is 11.5 Å². The molecule has 0 aliphatic rings. The predicted octanol–water partition coefficient (Wildman–Crippen LogP) is 2.66. The van der Waals surface area contributed by atoms with Gasteiger partial charge in [0, 0.05) is 6.07 Å². The highest BCUT2D eigenvalue weighted by molar-refractivity contribution is 5.44. The third-order valence-corrected chi connectivity index (χ3v) is 2.17. The Morgan fingerprint density at radius 1 is 1.22 bits per heavy atom. The minimum Gasteiger partial charge on any atom is -0.406 e. The van der Waals surface area contributed by atoms with Crippen molar-refractivity contribution in [1.82, 2.24) is 9.78 Å². The summed E-state index contributed by atoms with van der Waals surface area (Å²) < 4.78 is 41.1. The zero-order valence-electron chi connectivity index (χ0n) is 9.40. The molecule has 0 fully saturated rings. The van der Waals surface area contributed by atoms with Crippen molar-refractivity contribution in [3.8, 4) is 11.4 Å². The largest absolute Gasteiger partial charge is 0.573 e. The van der Waals surface area contributed by atoms with Gasteiger partial charge < -0.3 is 10.5 Å². The third kappa shape index (κ3) is 2.73. The Balaban J connectivity index is 2.25. The van der Waals surface area contributed by atoms with Gasteiger partial charge in [-0.15, -0.1) is 13.2 Å².